The monoisotopic (exact) mass is 274 g/mol. The van der Waals surface area contributed by atoms with E-state index in [-0.39, 0.29) is 5.56 Å². The highest BCUT2D eigenvalue weighted by Crippen LogP contribution is 2.29. The summed E-state index contributed by atoms with van der Waals surface area (Å²) in [7, 11) is 0. The number of nitrogens with one attached hydrogen (secondary N) is 1. The van der Waals surface area contributed by atoms with Gasteiger partial charge in [0.2, 0.25) is 0 Å². The van der Waals surface area contributed by atoms with Crippen LogP contribution < -0.4 is 5.32 Å². The summed E-state index contributed by atoms with van der Waals surface area (Å²) in [5, 5.41) is 2.94. The van der Waals surface area contributed by atoms with Crippen molar-refractivity contribution in [1.82, 2.24) is 5.32 Å². The molecule has 0 fully saturated rings. The number of nitrogens with zero attached hydrogens (tertiary/aromatic N) is 1. The molecule has 0 bridgehead atoms. The second-order valence-corrected chi connectivity index (χ2v) is 4.65. The van der Waals surface area contributed by atoms with Crippen LogP contribution in [-0.2, 0) is 6.18 Å². The quantitative estimate of drug-likeness (QED) is 0.855. The van der Waals surface area contributed by atoms with E-state index in [0.717, 1.165) is 17.9 Å². The van der Waals surface area contributed by atoms with Gasteiger partial charge in [-0.25, -0.2) is 0 Å². The standard InChI is InChI=1S/C11H9F3N2OS/c12-11(13,14)8-3-1-2-7(6-8)9(17)16-10-15-4-5-18-10/h1-3,6H,4-5H2,(H,15,16,17). The van der Waals surface area contributed by atoms with Crippen LogP contribution in [0.1, 0.15) is 15.9 Å². The van der Waals surface area contributed by atoms with Crippen molar-refractivity contribution in [3.05, 3.63) is 35.4 Å². The van der Waals surface area contributed by atoms with Gasteiger partial charge in [0.25, 0.3) is 5.91 Å². The van der Waals surface area contributed by atoms with E-state index in [9.17, 15) is 18.0 Å². The molecule has 0 aliphatic carbocycles. The smallest absolute Gasteiger partial charge is 0.301 e. The molecular formula is C11H9F3N2OS. The van der Waals surface area contributed by atoms with Crippen molar-refractivity contribution in [2.75, 3.05) is 12.3 Å². The first kappa shape index (κ1) is 12.9. The fraction of sp³-hybridized carbons (Fsp3) is 0.273. The summed E-state index contributed by atoms with van der Waals surface area (Å²) in [5.74, 6) is 0.201. The second-order valence-electron chi connectivity index (χ2n) is 3.57. The van der Waals surface area contributed by atoms with Crippen molar-refractivity contribution in [3.63, 3.8) is 0 Å². The Balaban J connectivity index is 2.15. The molecule has 18 heavy (non-hydrogen) atoms. The Morgan fingerprint density at radius 3 is 2.78 bits per heavy atom. The Morgan fingerprint density at radius 1 is 1.39 bits per heavy atom. The SMILES string of the molecule is O=C(NC1=NCCS1)c1cccc(C(F)(F)F)c1. The molecule has 0 radical (unpaired) electrons. The van der Waals surface area contributed by atoms with Crippen LogP contribution in [0.3, 0.4) is 0 Å². The lowest BCUT2D eigenvalue weighted by Gasteiger charge is -2.08. The van der Waals surface area contributed by atoms with E-state index < -0.39 is 17.6 Å². The van der Waals surface area contributed by atoms with Crippen LogP contribution in [0.25, 0.3) is 0 Å². The summed E-state index contributed by atoms with van der Waals surface area (Å²) in [4.78, 5) is 15.7. The highest BCUT2D eigenvalue weighted by Gasteiger charge is 2.31. The molecule has 3 nitrogen and oxygen atoms in total. The summed E-state index contributed by atoms with van der Waals surface area (Å²) < 4.78 is 37.4. The van der Waals surface area contributed by atoms with Gasteiger partial charge < -0.3 is 5.32 Å². The summed E-state index contributed by atoms with van der Waals surface area (Å²) in [6.45, 7) is 0.614. The summed E-state index contributed by atoms with van der Waals surface area (Å²) >= 11 is 1.37. The van der Waals surface area contributed by atoms with Crippen molar-refractivity contribution < 1.29 is 18.0 Å². The minimum absolute atomic E-state index is 0.0278. The van der Waals surface area contributed by atoms with Gasteiger partial charge in [0, 0.05) is 11.3 Å². The van der Waals surface area contributed by atoms with Crippen LogP contribution in [0, 0.1) is 0 Å². The Morgan fingerprint density at radius 2 is 2.17 bits per heavy atom. The van der Waals surface area contributed by atoms with E-state index in [1.807, 2.05) is 0 Å². The van der Waals surface area contributed by atoms with Crippen LogP contribution in [0.4, 0.5) is 13.2 Å². The van der Waals surface area contributed by atoms with E-state index in [1.54, 1.807) is 0 Å². The molecule has 1 heterocycles. The molecule has 0 saturated heterocycles. The maximum absolute atomic E-state index is 12.5. The number of thioether (sulfide) groups is 1. The van der Waals surface area contributed by atoms with Crippen molar-refractivity contribution in [1.29, 1.82) is 0 Å². The molecule has 0 saturated carbocycles. The number of hydrogen-bond acceptors (Lipinski definition) is 3. The Hall–Kier alpha value is -1.50. The molecule has 0 atom stereocenters. The van der Waals surface area contributed by atoms with Gasteiger partial charge in [0.15, 0.2) is 5.17 Å². The molecule has 1 aliphatic rings. The van der Waals surface area contributed by atoms with Crippen molar-refractivity contribution in [2.24, 2.45) is 4.99 Å². The number of rotatable bonds is 1. The Kier molecular flexibility index (Phi) is 3.60. The molecule has 1 aromatic rings. The number of hydrogen-bond donors (Lipinski definition) is 1. The molecule has 1 aromatic carbocycles. The number of carbonyl (C=O) groups is 1. The normalized spacial score (nSPS) is 15.4. The van der Waals surface area contributed by atoms with Crippen molar-refractivity contribution >= 4 is 22.8 Å². The zero-order chi connectivity index (χ0) is 13.2. The minimum atomic E-state index is -4.45. The van der Waals surface area contributed by atoms with Crippen LogP contribution in [0.5, 0.6) is 0 Å². The van der Waals surface area contributed by atoms with E-state index >= 15 is 0 Å². The Bertz CT molecular complexity index is 499. The van der Waals surface area contributed by atoms with E-state index in [4.69, 9.17) is 0 Å². The average molecular weight is 274 g/mol. The third-order valence-corrected chi connectivity index (χ3v) is 3.15. The van der Waals surface area contributed by atoms with Gasteiger partial charge in [-0.15, -0.1) is 0 Å². The highest BCUT2D eigenvalue weighted by atomic mass is 32.2. The van der Waals surface area contributed by atoms with Crippen molar-refractivity contribution in [2.45, 2.75) is 6.18 Å². The summed E-state index contributed by atoms with van der Waals surface area (Å²) in [5.41, 5.74) is -0.865. The molecule has 7 heteroatoms. The van der Waals surface area contributed by atoms with Crippen LogP contribution in [0.15, 0.2) is 29.3 Å². The molecule has 1 aliphatic heterocycles. The van der Waals surface area contributed by atoms with Crippen LogP contribution in [-0.4, -0.2) is 23.4 Å². The maximum atomic E-state index is 12.5. The predicted octanol–water partition coefficient (Wildman–Crippen LogP) is 2.54. The number of halogens is 3. The predicted molar refractivity (Wildman–Crippen MR) is 63.7 cm³/mol. The van der Waals surface area contributed by atoms with E-state index in [0.29, 0.717) is 11.7 Å². The minimum Gasteiger partial charge on any atom is -0.301 e. The van der Waals surface area contributed by atoms with Gasteiger partial charge in [-0.05, 0) is 18.2 Å². The first-order chi connectivity index (χ1) is 8.47. The molecule has 0 unspecified atom stereocenters. The molecule has 96 valence electrons. The number of aliphatic imine (C=N–C) groups is 1. The fourth-order valence-electron chi connectivity index (χ4n) is 1.42. The van der Waals surface area contributed by atoms with Gasteiger partial charge in [0.1, 0.15) is 0 Å². The van der Waals surface area contributed by atoms with Crippen LogP contribution >= 0.6 is 11.8 Å². The number of amidine groups is 1. The van der Waals surface area contributed by atoms with E-state index in [1.165, 1.54) is 23.9 Å². The molecular weight excluding hydrogens is 265 g/mol. The lowest BCUT2D eigenvalue weighted by atomic mass is 10.1. The molecule has 0 aromatic heterocycles. The van der Waals surface area contributed by atoms with Crippen molar-refractivity contribution in [3.8, 4) is 0 Å². The third kappa shape index (κ3) is 3.04. The average Bonchev–Trinajstić information content (AvgIpc) is 2.81. The third-order valence-electron chi connectivity index (χ3n) is 2.26. The van der Waals surface area contributed by atoms with Gasteiger partial charge in [-0.3, -0.25) is 9.79 Å². The van der Waals surface area contributed by atoms with E-state index in [2.05, 4.69) is 10.3 Å². The molecule has 1 N–H and O–H groups in total. The zero-order valence-corrected chi connectivity index (χ0v) is 9.94. The Labute approximate surface area is 105 Å². The number of benzene rings is 1. The van der Waals surface area contributed by atoms with Gasteiger partial charge in [-0.2, -0.15) is 13.2 Å². The lowest BCUT2D eigenvalue weighted by Crippen LogP contribution is -2.27. The highest BCUT2D eigenvalue weighted by molar-refractivity contribution is 8.14. The number of amides is 1. The van der Waals surface area contributed by atoms with Gasteiger partial charge >= 0.3 is 6.18 Å². The topological polar surface area (TPSA) is 41.5 Å². The maximum Gasteiger partial charge on any atom is 0.416 e. The first-order valence-electron chi connectivity index (χ1n) is 5.13. The first-order valence-corrected chi connectivity index (χ1v) is 6.11. The second kappa shape index (κ2) is 5.01. The molecule has 2 rings (SSSR count). The van der Waals surface area contributed by atoms with Gasteiger partial charge in [-0.1, -0.05) is 17.8 Å². The number of alkyl halides is 3. The van der Waals surface area contributed by atoms with Crippen LogP contribution in [0.2, 0.25) is 0 Å². The van der Waals surface area contributed by atoms with Gasteiger partial charge in [0.05, 0.1) is 12.1 Å². The summed E-state index contributed by atoms with van der Waals surface area (Å²) in [6, 6.07) is 4.31. The largest absolute Gasteiger partial charge is 0.416 e. The number of carbonyl (C=O) groups excluding carboxylic acids is 1. The zero-order valence-electron chi connectivity index (χ0n) is 9.12. The fourth-order valence-corrected chi connectivity index (χ4v) is 2.14. The molecule has 0 spiro atoms. The summed E-state index contributed by atoms with van der Waals surface area (Å²) in [6.07, 6.45) is -4.45. The lowest BCUT2D eigenvalue weighted by molar-refractivity contribution is -0.137. The molecule has 1 amide bonds.